The molecule has 2 amide bonds. The molecule has 2 N–H and O–H groups in total. The maximum atomic E-state index is 13.4. The second-order valence-electron chi connectivity index (χ2n) is 22.0. The van der Waals surface area contributed by atoms with Gasteiger partial charge in [-0.15, -0.1) is 0 Å². The molecule has 0 saturated heterocycles. The molecule has 5 nitrogen and oxygen atoms in total. The lowest BCUT2D eigenvalue weighted by Gasteiger charge is -2.14. The fourth-order valence-electron chi connectivity index (χ4n) is 10.3. The molecule has 1 rings (SSSR count). The maximum absolute atomic E-state index is 13.4. The van der Waals surface area contributed by atoms with Gasteiger partial charge in [0.05, 0.1) is 12.2 Å². The first-order valence-corrected chi connectivity index (χ1v) is 32.0. The summed E-state index contributed by atoms with van der Waals surface area (Å²) in [7, 11) is 0. The Kier molecular flexibility index (Phi) is 51.6. The summed E-state index contributed by atoms with van der Waals surface area (Å²) in [5.74, 6) is 0.368. The first-order chi connectivity index (χ1) is 34.6. The minimum atomic E-state index is -0.0956. The standard InChI is InChI=1S/C65H122N2O3/c1-4-7-10-13-16-19-21-23-25-27-29-31-33-35-37-39-41-43-46-49-52-57-66-64(68)61-55-56-62(63(60-61)70-59-54-51-48-45-18-15-12-9-6-3)65(69)67-58-53-50-47-44-42-40-38-36-34-32-30-28-26-24-22-20-17-14-11-8-5-2/h55-56,60H,4-54,57-59H2,1-3H3,(H,66,68)(H,67,69). The first kappa shape index (κ1) is 66.0. The fraction of sp³-hybridized carbons (Fsp3) is 0.877. The van der Waals surface area contributed by atoms with Crippen LogP contribution in [0.15, 0.2) is 18.2 Å². The molecule has 5 heteroatoms. The molecule has 410 valence electrons. The zero-order valence-electron chi connectivity index (χ0n) is 47.6. The van der Waals surface area contributed by atoms with E-state index in [2.05, 4.69) is 31.4 Å². The van der Waals surface area contributed by atoms with E-state index < -0.39 is 0 Å². The molecule has 0 bridgehead atoms. The highest BCUT2D eigenvalue weighted by Gasteiger charge is 2.16. The van der Waals surface area contributed by atoms with Crippen LogP contribution in [0.4, 0.5) is 0 Å². The summed E-state index contributed by atoms with van der Waals surface area (Å²) in [5, 5.41) is 6.30. The number of unbranched alkanes of at least 4 members (excludes halogenated alkanes) is 48. The normalized spacial score (nSPS) is 11.4. The van der Waals surface area contributed by atoms with E-state index >= 15 is 0 Å². The molecule has 0 spiro atoms. The van der Waals surface area contributed by atoms with E-state index in [0.29, 0.717) is 36.6 Å². The summed E-state index contributed by atoms with van der Waals surface area (Å²) < 4.78 is 6.27. The van der Waals surface area contributed by atoms with Crippen LogP contribution in [0.3, 0.4) is 0 Å². The molecular formula is C65H122N2O3. The van der Waals surface area contributed by atoms with E-state index in [0.717, 1.165) is 38.5 Å². The van der Waals surface area contributed by atoms with Crippen LogP contribution in [0.5, 0.6) is 5.75 Å². The Morgan fingerprint density at radius 2 is 0.557 bits per heavy atom. The number of amides is 2. The highest BCUT2D eigenvalue weighted by Crippen LogP contribution is 2.23. The predicted molar refractivity (Wildman–Crippen MR) is 309 cm³/mol. The quantitative estimate of drug-likeness (QED) is 0.0639. The molecule has 1 aromatic carbocycles. The smallest absolute Gasteiger partial charge is 0.255 e. The van der Waals surface area contributed by atoms with Gasteiger partial charge in [0, 0.05) is 18.7 Å². The molecule has 1 aromatic rings. The Bertz CT molecular complexity index is 1230. The van der Waals surface area contributed by atoms with Crippen molar-refractivity contribution in [3.05, 3.63) is 29.3 Å². The van der Waals surface area contributed by atoms with Crippen LogP contribution >= 0.6 is 0 Å². The Hall–Kier alpha value is -2.04. The first-order valence-electron chi connectivity index (χ1n) is 32.0. The molecule has 0 heterocycles. The van der Waals surface area contributed by atoms with Crippen LogP contribution in [-0.2, 0) is 0 Å². The molecule has 70 heavy (non-hydrogen) atoms. The van der Waals surface area contributed by atoms with E-state index in [-0.39, 0.29) is 11.8 Å². The van der Waals surface area contributed by atoms with Gasteiger partial charge in [-0.1, -0.05) is 329 Å². The molecule has 0 aromatic heterocycles. The van der Waals surface area contributed by atoms with Gasteiger partial charge < -0.3 is 15.4 Å². The van der Waals surface area contributed by atoms with Crippen LogP contribution in [0.2, 0.25) is 0 Å². The van der Waals surface area contributed by atoms with Gasteiger partial charge >= 0.3 is 0 Å². The van der Waals surface area contributed by atoms with Crippen molar-refractivity contribution in [2.45, 2.75) is 348 Å². The molecule has 0 aliphatic carbocycles. The molecule has 0 saturated carbocycles. The van der Waals surface area contributed by atoms with Crippen molar-refractivity contribution in [2.24, 2.45) is 0 Å². The lowest BCUT2D eigenvalue weighted by molar-refractivity contribution is 0.0937. The Morgan fingerprint density at radius 3 is 0.843 bits per heavy atom. The van der Waals surface area contributed by atoms with Gasteiger partial charge in [-0.2, -0.15) is 0 Å². The number of rotatable bonds is 57. The molecule has 0 radical (unpaired) electrons. The summed E-state index contributed by atoms with van der Waals surface area (Å²) in [6.07, 6.45) is 68.9. The summed E-state index contributed by atoms with van der Waals surface area (Å²) in [6, 6.07) is 5.40. The average molecular weight is 980 g/mol. The van der Waals surface area contributed by atoms with Crippen LogP contribution in [0, 0.1) is 0 Å². The van der Waals surface area contributed by atoms with Crippen molar-refractivity contribution in [2.75, 3.05) is 19.7 Å². The zero-order chi connectivity index (χ0) is 50.3. The lowest BCUT2D eigenvalue weighted by atomic mass is 10.0. The van der Waals surface area contributed by atoms with Gasteiger partial charge in [-0.25, -0.2) is 0 Å². The minimum absolute atomic E-state index is 0.0763. The number of hydrogen-bond donors (Lipinski definition) is 2. The summed E-state index contributed by atoms with van der Waals surface area (Å²) in [6.45, 7) is 8.80. The zero-order valence-corrected chi connectivity index (χ0v) is 47.6. The van der Waals surface area contributed by atoms with E-state index in [9.17, 15) is 9.59 Å². The van der Waals surface area contributed by atoms with E-state index in [1.54, 1.807) is 18.2 Å². The maximum Gasteiger partial charge on any atom is 0.255 e. The van der Waals surface area contributed by atoms with Crippen molar-refractivity contribution in [3.8, 4) is 5.75 Å². The van der Waals surface area contributed by atoms with Gasteiger partial charge in [0.1, 0.15) is 5.75 Å². The molecule has 0 aliphatic heterocycles. The second kappa shape index (κ2) is 54.7. The third-order valence-corrected chi connectivity index (χ3v) is 15.1. The van der Waals surface area contributed by atoms with Gasteiger partial charge in [0.15, 0.2) is 0 Å². The molecular weight excluding hydrogens is 857 g/mol. The summed E-state index contributed by atoms with van der Waals surface area (Å²) >= 11 is 0. The van der Waals surface area contributed by atoms with E-state index in [1.807, 2.05) is 0 Å². The summed E-state index contributed by atoms with van der Waals surface area (Å²) in [4.78, 5) is 26.7. The summed E-state index contributed by atoms with van der Waals surface area (Å²) in [5.41, 5.74) is 1.12. The van der Waals surface area contributed by atoms with Gasteiger partial charge in [-0.3, -0.25) is 9.59 Å². The molecule has 0 fully saturated rings. The third-order valence-electron chi connectivity index (χ3n) is 15.1. The van der Waals surface area contributed by atoms with Crippen LogP contribution < -0.4 is 15.4 Å². The van der Waals surface area contributed by atoms with Crippen LogP contribution in [0.25, 0.3) is 0 Å². The molecule has 0 unspecified atom stereocenters. The Morgan fingerprint density at radius 1 is 0.314 bits per heavy atom. The largest absolute Gasteiger partial charge is 0.493 e. The second-order valence-corrected chi connectivity index (χ2v) is 22.0. The fourth-order valence-corrected chi connectivity index (χ4v) is 10.3. The average Bonchev–Trinajstić information content (AvgIpc) is 3.37. The van der Waals surface area contributed by atoms with Gasteiger partial charge in [-0.05, 0) is 37.5 Å². The topological polar surface area (TPSA) is 67.4 Å². The van der Waals surface area contributed by atoms with Crippen molar-refractivity contribution >= 4 is 11.8 Å². The minimum Gasteiger partial charge on any atom is -0.493 e. The lowest BCUT2D eigenvalue weighted by Crippen LogP contribution is -2.26. The number of hydrogen-bond acceptors (Lipinski definition) is 3. The van der Waals surface area contributed by atoms with Crippen molar-refractivity contribution in [3.63, 3.8) is 0 Å². The highest BCUT2D eigenvalue weighted by molar-refractivity contribution is 6.00. The third kappa shape index (κ3) is 44.6. The number of ether oxygens (including phenoxy) is 1. The SMILES string of the molecule is CCCCCCCCCCCCCCCCCCCCCCCNC(=O)c1ccc(C(=O)NCCCCCCCCCCCCCCCCCCCCCCC)c(OCCCCCCCCCCC)c1. The van der Waals surface area contributed by atoms with E-state index in [1.165, 1.54) is 289 Å². The molecule has 0 atom stereocenters. The number of carbonyl (C=O) groups excluding carboxylic acids is 2. The van der Waals surface area contributed by atoms with Crippen molar-refractivity contribution < 1.29 is 14.3 Å². The van der Waals surface area contributed by atoms with Crippen molar-refractivity contribution in [1.29, 1.82) is 0 Å². The van der Waals surface area contributed by atoms with Crippen molar-refractivity contribution in [1.82, 2.24) is 10.6 Å². The Labute approximate surface area is 437 Å². The number of carbonyl (C=O) groups is 2. The van der Waals surface area contributed by atoms with E-state index in [4.69, 9.17) is 4.74 Å². The highest BCUT2D eigenvalue weighted by atomic mass is 16.5. The van der Waals surface area contributed by atoms with Crippen LogP contribution in [-0.4, -0.2) is 31.5 Å². The van der Waals surface area contributed by atoms with Crippen LogP contribution in [0.1, 0.15) is 369 Å². The Balaban J connectivity index is 2.24. The van der Waals surface area contributed by atoms with Gasteiger partial charge in [0.2, 0.25) is 0 Å². The van der Waals surface area contributed by atoms with Gasteiger partial charge in [0.25, 0.3) is 11.8 Å². The number of nitrogens with one attached hydrogen (secondary N) is 2. The molecule has 0 aliphatic rings. The number of benzene rings is 1. The predicted octanol–water partition coefficient (Wildman–Crippen LogP) is 21.5. The monoisotopic (exact) mass is 979 g/mol.